The van der Waals surface area contributed by atoms with Gasteiger partial charge in [-0.2, -0.15) is 0 Å². The number of nitrogens with zero attached hydrogens (tertiary/aromatic N) is 1. The maximum Gasteiger partial charge on any atom is 0.133 e. The van der Waals surface area contributed by atoms with Gasteiger partial charge >= 0.3 is 0 Å². The second-order valence-electron chi connectivity index (χ2n) is 6.00. The molecule has 20 heavy (non-hydrogen) atoms. The molecule has 0 aliphatic heterocycles. The second kappa shape index (κ2) is 5.22. The van der Waals surface area contributed by atoms with E-state index in [4.69, 9.17) is 5.73 Å². The highest BCUT2D eigenvalue weighted by Crippen LogP contribution is 2.35. The topological polar surface area (TPSA) is 38.9 Å². The highest BCUT2D eigenvalue weighted by molar-refractivity contribution is 7.10. The normalized spacial score (nSPS) is 13.6. The Labute approximate surface area is 121 Å². The highest BCUT2D eigenvalue weighted by Gasteiger charge is 2.25. The van der Waals surface area contributed by atoms with E-state index < -0.39 is 11.6 Å². The van der Waals surface area contributed by atoms with Gasteiger partial charge in [0.1, 0.15) is 16.6 Å². The SMILES string of the molecule is Cc1cc(F)c(-c2csc(C(N)C(C)(C)C)n2)cc1F. The molecule has 1 aromatic carbocycles. The average Bonchev–Trinajstić information content (AvgIpc) is 2.80. The second-order valence-corrected chi connectivity index (χ2v) is 6.89. The lowest BCUT2D eigenvalue weighted by molar-refractivity contribution is 0.326. The van der Waals surface area contributed by atoms with Crippen LogP contribution in [0.1, 0.15) is 37.4 Å². The molecule has 1 unspecified atom stereocenters. The zero-order valence-electron chi connectivity index (χ0n) is 12.0. The van der Waals surface area contributed by atoms with Gasteiger partial charge in [-0.05, 0) is 30.0 Å². The zero-order valence-corrected chi connectivity index (χ0v) is 12.8. The molecule has 108 valence electrons. The maximum atomic E-state index is 13.9. The van der Waals surface area contributed by atoms with Gasteiger partial charge in [-0.25, -0.2) is 13.8 Å². The minimum atomic E-state index is -0.468. The Balaban J connectivity index is 2.41. The first-order valence-corrected chi connectivity index (χ1v) is 7.25. The van der Waals surface area contributed by atoms with Crippen molar-refractivity contribution in [1.29, 1.82) is 0 Å². The fraction of sp³-hybridized carbons (Fsp3) is 0.400. The number of halogens is 2. The molecule has 0 saturated heterocycles. The van der Waals surface area contributed by atoms with Crippen LogP contribution in [0.3, 0.4) is 0 Å². The molecule has 0 spiro atoms. The Hall–Kier alpha value is -1.33. The van der Waals surface area contributed by atoms with E-state index in [2.05, 4.69) is 4.98 Å². The molecule has 2 nitrogen and oxygen atoms in total. The summed E-state index contributed by atoms with van der Waals surface area (Å²) in [4.78, 5) is 4.37. The standard InChI is InChI=1S/C15H18F2N2S/c1-8-5-11(17)9(6-10(8)16)12-7-20-14(19-12)13(18)15(2,3)4/h5-7,13H,18H2,1-4H3. The highest BCUT2D eigenvalue weighted by atomic mass is 32.1. The fourth-order valence-electron chi connectivity index (χ4n) is 1.77. The molecule has 0 saturated carbocycles. The molecule has 0 radical (unpaired) electrons. The van der Waals surface area contributed by atoms with Crippen LogP contribution in [0.4, 0.5) is 8.78 Å². The molecular weight excluding hydrogens is 278 g/mol. The van der Waals surface area contributed by atoms with E-state index in [1.165, 1.54) is 30.4 Å². The Bertz CT molecular complexity index is 629. The van der Waals surface area contributed by atoms with Gasteiger partial charge in [-0.15, -0.1) is 11.3 Å². The molecular formula is C15H18F2N2S. The van der Waals surface area contributed by atoms with E-state index in [-0.39, 0.29) is 22.6 Å². The predicted molar refractivity (Wildman–Crippen MR) is 78.6 cm³/mol. The van der Waals surface area contributed by atoms with Gasteiger partial charge in [-0.1, -0.05) is 20.8 Å². The number of hydrogen-bond acceptors (Lipinski definition) is 3. The van der Waals surface area contributed by atoms with Crippen LogP contribution in [0, 0.1) is 24.0 Å². The number of aromatic nitrogens is 1. The molecule has 5 heteroatoms. The lowest BCUT2D eigenvalue weighted by atomic mass is 9.88. The van der Waals surface area contributed by atoms with Gasteiger partial charge in [0.15, 0.2) is 0 Å². The van der Waals surface area contributed by atoms with Crippen molar-refractivity contribution in [1.82, 2.24) is 4.98 Å². The van der Waals surface area contributed by atoms with Gasteiger partial charge in [0.05, 0.1) is 11.7 Å². The van der Waals surface area contributed by atoms with Crippen molar-refractivity contribution in [3.05, 3.63) is 39.7 Å². The lowest BCUT2D eigenvalue weighted by Crippen LogP contribution is -2.26. The van der Waals surface area contributed by atoms with Crippen LogP contribution in [0.25, 0.3) is 11.3 Å². The molecule has 2 aromatic rings. The third kappa shape index (κ3) is 2.88. The smallest absolute Gasteiger partial charge is 0.133 e. The molecule has 0 aliphatic carbocycles. The summed E-state index contributed by atoms with van der Waals surface area (Å²) in [5.74, 6) is -0.902. The summed E-state index contributed by atoms with van der Waals surface area (Å²) in [5, 5.41) is 2.45. The molecule has 0 aliphatic rings. The summed E-state index contributed by atoms with van der Waals surface area (Å²) in [7, 11) is 0. The number of nitrogens with two attached hydrogens (primary N) is 1. The first-order valence-electron chi connectivity index (χ1n) is 6.37. The van der Waals surface area contributed by atoms with Crippen molar-refractivity contribution < 1.29 is 8.78 Å². The first kappa shape index (κ1) is 15.1. The van der Waals surface area contributed by atoms with Crippen LogP contribution in [0.2, 0.25) is 0 Å². The van der Waals surface area contributed by atoms with E-state index in [9.17, 15) is 8.78 Å². The van der Waals surface area contributed by atoms with E-state index >= 15 is 0 Å². The van der Waals surface area contributed by atoms with Crippen molar-refractivity contribution in [2.75, 3.05) is 0 Å². The number of hydrogen-bond donors (Lipinski definition) is 1. The molecule has 0 bridgehead atoms. The first-order chi connectivity index (χ1) is 9.20. The lowest BCUT2D eigenvalue weighted by Gasteiger charge is -2.24. The summed E-state index contributed by atoms with van der Waals surface area (Å²) in [6.45, 7) is 7.59. The Morgan fingerprint density at radius 3 is 2.45 bits per heavy atom. The third-order valence-electron chi connectivity index (χ3n) is 3.25. The predicted octanol–water partition coefficient (Wildman–Crippen LogP) is 4.44. The Kier molecular flexibility index (Phi) is 3.93. The van der Waals surface area contributed by atoms with Gasteiger partial charge in [0, 0.05) is 10.9 Å². The monoisotopic (exact) mass is 296 g/mol. The Morgan fingerprint density at radius 2 is 1.85 bits per heavy atom. The van der Waals surface area contributed by atoms with Crippen LogP contribution in [0.15, 0.2) is 17.5 Å². The van der Waals surface area contributed by atoms with E-state index in [0.29, 0.717) is 5.69 Å². The van der Waals surface area contributed by atoms with Gasteiger partial charge < -0.3 is 5.73 Å². The van der Waals surface area contributed by atoms with Gasteiger partial charge in [0.2, 0.25) is 0 Å². The van der Waals surface area contributed by atoms with E-state index in [1.54, 1.807) is 5.38 Å². The molecule has 2 N–H and O–H groups in total. The minimum absolute atomic E-state index is 0.133. The van der Waals surface area contributed by atoms with Crippen molar-refractivity contribution in [2.24, 2.45) is 11.1 Å². The summed E-state index contributed by atoms with van der Waals surface area (Å²) in [6, 6.07) is 2.14. The summed E-state index contributed by atoms with van der Waals surface area (Å²) in [6.07, 6.45) is 0. The summed E-state index contributed by atoms with van der Waals surface area (Å²) < 4.78 is 27.5. The van der Waals surface area contributed by atoms with Crippen LogP contribution < -0.4 is 5.73 Å². The molecule has 1 heterocycles. The summed E-state index contributed by atoms with van der Waals surface area (Å²) in [5.41, 5.74) is 6.90. The van der Waals surface area contributed by atoms with Crippen LogP contribution in [-0.2, 0) is 0 Å². The molecule has 0 amide bonds. The molecule has 1 aromatic heterocycles. The van der Waals surface area contributed by atoms with Crippen molar-refractivity contribution in [2.45, 2.75) is 33.7 Å². The van der Waals surface area contributed by atoms with Crippen molar-refractivity contribution in [3.63, 3.8) is 0 Å². The van der Waals surface area contributed by atoms with Crippen LogP contribution >= 0.6 is 11.3 Å². The quantitative estimate of drug-likeness (QED) is 0.889. The van der Waals surface area contributed by atoms with E-state index in [1.807, 2.05) is 20.8 Å². The number of benzene rings is 1. The van der Waals surface area contributed by atoms with Crippen molar-refractivity contribution >= 4 is 11.3 Å². The molecule has 0 fully saturated rings. The van der Waals surface area contributed by atoms with E-state index in [0.717, 1.165) is 5.01 Å². The van der Waals surface area contributed by atoms with Gasteiger partial charge in [-0.3, -0.25) is 0 Å². The number of thiazole rings is 1. The third-order valence-corrected chi connectivity index (χ3v) is 4.17. The van der Waals surface area contributed by atoms with Crippen molar-refractivity contribution in [3.8, 4) is 11.3 Å². The minimum Gasteiger partial charge on any atom is -0.322 e. The number of aryl methyl sites for hydroxylation is 1. The van der Waals surface area contributed by atoms with Crippen LogP contribution in [0.5, 0.6) is 0 Å². The largest absolute Gasteiger partial charge is 0.322 e. The molecule has 2 rings (SSSR count). The average molecular weight is 296 g/mol. The fourth-order valence-corrected chi connectivity index (χ4v) is 2.83. The van der Waals surface area contributed by atoms with Crippen LogP contribution in [-0.4, -0.2) is 4.98 Å². The summed E-state index contributed by atoms with van der Waals surface area (Å²) >= 11 is 1.37. The van der Waals surface area contributed by atoms with Gasteiger partial charge in [0.25, 0.3) is 0 Å². The molecule has 1 atom stereocenters. The Morgan fingerprint density at radius 1 is 1.20 bits per heavy atom. The maximum absolute atomic E-state index is 13.9. The zero-order chi connectivity index (χ0) is 15.1. The number of rotatable bonds is 2.